The molecule has 5 aliphatic rings. The van der Waals surface area contributed by atoms with Gasteiger partial charge in [-0.25, -0.2) is 0 Å². The number of allylic oxidation sites excluding steroid dienone is 6. The Balaban J connectivity index is 0.761. The summed E-state index contributed by atoms with van der Waals surface area (Å²) in [5.41, 5.74) is 2.31. The fraction of sp³-hybridized carbons (Fsp3) is 0.513. The second kappa shape index (κ2) is 15.8. The van der Waals surface area contributed by atoms with E-state index >= 15 is 0 Å². The van der Waals surface area contributed by atoms with Crippen LogP contribution in [0.1, 0.15) is 62.0 Å². The zero-order valence-electron chi connectivity index (χ0n) is 26.4. The molecule has 0 radical (unpaired) electrons. The van der Waals surface area contributed by atoms with Gasteiger partial charge in [-0.05, 0) is 105 Å². The molecular weight excluding hydrogens is 564 g/mol. The normalized spacial score (nSPS) is 24.9. The number of rotatable bonds is 17. The SMILES string of the molecule is O=C(OCCCc1ccc(OCCOCCOCCOc2ccc(C3C=CC=CC=C3)cc2)cc1)C12CC3CC(CC(C3)C1)C2. The highest BCUT2D eigenvalue weighted by molar-refractivity contribution is 5.77. The number of esters is 1. The second-order valence-corrected chi connectivity index (χ2v) is 13.3. The van der Waals surface area contributed by atoms with E-state index in [-0.39, 0.29) is 11.4 Å². The van der Waals surface area contributed by atoms with E-state index < -0.39 is 0 Å². The Morgan fingerprint density at radius 2 is 1.13 bits per heavy atom. The molecule has 0 spiro atoms. The number of hydrogen-bond acceptors (Lipinski definition) is 6. The number of hydrogen-bond donors (Lipinski definition) is 0. The monoisotopic (exact) mass is 612 g/mol. The van der Waals surface area contributed by atoms with E-state index in [9.17, 15) is 4.79 Å². The maximum atomic E-state index is 13.0. The van der Waals surface area contributed by atoms with Crippen molar-refractivity contribution >= 4 is 5.97 Å². The summed E-state index contributed by atoms with van der Waals surface area (Å²) in [6.07, 6.45) is 21.6. The first kappa shape index (κ1) is 31.6. The predicted molar refractivity (Wildman–Crippen MR) is 176 cm³/mol. The average molecular weight is 613 g/mol. The zero-order chi connectivity index (χ0) is 30.7. The zero-order valence-corrected chi connectivity index (χ0v) is 26.4. The molecule has 2 aromatic rings. The van der Waals surface area contributed by atoms with Gasteiger partial charge >= 0.3 is 5.97 Å². The Morgan fingerprint density at radius 3 is 1.69 bits per heavy atom. The molecule has 0 unspecified atom stereocenters. The molecule has 0 heterocycles. The third-order valence-corrected chi connectivity index (χ3v) is 9.84. The molecule has 240 valence electrons. The lowest BCUT2D eigenvalue weighted by atomic mass is 9.49. The van der Waals surface area contributed by atoms with Crippen molar-refractivity contribution in [3.8, 4) is 11.5 Å². The van der Waals surface area contributed by atoms with Gasteiger partial charge in [0.15, 0.2) is 0 Å². The average Bonchev–Trinajstić information content (AvgIpc) is 3.34. The smallest absolute Gasteiger partial charge is 0.312 e. The molecule has 2 aromatic carbocycles. The molecule has 6 nitrogen and oxygen atoms in total. The van der Waals surface area contributed by atoms with Crippen molar-refractivity contribution in [2.24, 2.45) is 23.2 Å². The highest BCUT2D eigenvalue weighted by Crippen LogP contribution is 2.60. The summed E-state index contributed by atoms with van der Waals surface area (Å²) < 4.78 is 28.7. The molecule has 0 amide bonds. The summed E-state index contributed by atoms with van der Waals surface area (Å²) in [6.45, 7) is 3.55. The number of ether oxygens (including phenoxy) is 5. The van der Waals surface area contributed by atoms with E-state index in [0.717, 1.165) is 61.4 Å². The van der Waals surface area contributed by atoms with Crippen molar-refractivity contribution in [3.63, 3.8) is 0 Å². The van der Waals surface area contributed by atoms with Crippen LogP contribution in [-0.2, 0) is 25.4 Å². The first-order valence-corrected chi connectivity index (χ1v) is 16.9. The van der Waals surface area contributed by atoms with Crippen LogP contribution in [0.5, 0.6) is 11.5 Å². The summed E-state index contributed by atoms with van der Waals surface area (Å²) in [6, 6.07) is 16.4. The highest BCUT2D eigenvalue weighted by Gasteiger charge is 2.55. The standard InChI is InChI=1S/C39H48O6/c40-38(39-27-31-24-32(28-39)26-33(25-31)29-39)45-17-5-6-30-9-13-36(14-10-30)43-22-20-41-18-19-42-21-23-44-37-15-11-35(12-16-37)34-7-3-1-2-4-8-34/h1-4,7-16,31-34H,5-6,17-29H2. The Labute approximate surface area is 268 Å². The van der Waals surface area contributed by atoms with Gasteiger partial charge in [0, 0.05) is 5.92 Å². The van der Waals surface area contributed by atoms with Crippen LogP contribution in [-0.4, -0.2) is 52.2 Å². The largest absolute Gasteiger partial charge is 0.491 e. The molecule has 7 rings (SSSR count). The first-order chi connectivity index (χ1) is 22.1. The van der Waals surface area contributed by atoms with Gasteiger partial charge in [-0.1, -0.05) is 60.7 Å². The quantitative estimate of drug-likeness (QED) is 0.135. The van der Waals surface area contributed by atoms with Gasteiger partial charge < -0.3 is 23.7 Å². The molecule has 4 fully saturated rings. The fourth-order valence-electron chi connectivity index (χ4n) is 8.03. The Kier molecular flexibility index (Phi) is 11.1. The molecule has 4 bridgehead atoms. The molecule has 5 aliphatic carbocycles. The lowest BCUT2D eigenvalue weighted by Gasteiger charge is -2.55. The third-order valence-electron chi connectivity index (χ3n) is 9.84. The summed E-state index contributed by atoms with van der Waals surface area (Å²) in [5.74, 6) is 4.35. The van der Waals surface area contributed by atoms with Crippen molar-refractivity contribution in [1.82, 2.24) is 0 Å². The first-order valence-electron chi connectivity index (χ1n) is 16.9. The van der Waals surface area contributed by atoms with Crippen LogP contribution < -0.4 is 9.47 Å². The van der Waals surface area contributed by atoms with Crippen molar-refractivity contribution in [3.05, 3.63) is 96.1 Å². The molecule has 0 aliphatic heterocycles. The minimum atomic E-state index is -0.157. The van der Waals surface area contributed by atoms with E-state index in [1.165, 1.54) is 30.4 Å². The summed E-state index contributed by atoms with van der Waals surface area (Å²) in [5, 5.41) is 0. The van der Waals surface area contributed by atoms with Gasteiger partial charge in [0.25, 0.3) is 0 Å². The lowest BCUT2D eigenvalue weighted by Crippen LogP contribution is -2.50. The maximum Gasteiger partial charge on any atom is 0.312 e. The summed E-state index contributed by atoms with van der Waals surface area (Å²) in [4.78, 5) is 13.0. The van der Waals surface area contributed by atoms with E-state index in [2.05, 4.69) is 48.6 Å². The molecule has 0 aromatic heterocycles. The van der Waals surface area contributed by atoms with E-state index in [1.54, 1.807) is 0 Å². The van der Waals surface area contributed by atoms with Gasteiger partial charge in [-0.3, -0.25) is 4.79 Å². The van der Waals surface area contributed by atoms with Crippen molar-refractivity contribution in [2.45, 2.75) is 57.3 Å². The van der Waals surface area contributed by atoms with E-state index in [4.69, 9.17) is 23.7 Å². The number of carbonyl (C=O) groups is 1. The topological polar surface area (TPSA) is 63.2 Å². The minimum Gasteiger partial charge on any atom is -0.491 e. The van der Waals surface area contributed by atoms with Gasteiger partial charge in [0.05, 0.1) is 38.4 Å². The van der Waals surface area contributed by atoms with Crippen LogP contribution in [0.15, 0.2) is 85.0 Å². The third kappa shape index (κ3) is 8.89. The van der Waals surface area contributed by atoms with Gasteiger partial charge in [-0.15, -0.1) is 0 Å². The van der Waals surface area contributed by atoms with Gasteiger partial charge in [0.1, 0.15) is 24.7 Å². The molecule has 0 saturated heterocycles. The van der Waals surface area contributed by atoms with Crippen molar-refractivity contribution in [2.75, 3.05) is 46.2 Å². The molecular formula is C39H48O6. The number of benzene rings is 2. The Bertz CT molecular complexity index is 1260. The van der Waals surface area contributed by atoms with Gasteiger partial charge in [-0.2, -0.15) is 0 Å². The second-order valence-electron chi connectivity index (χ2n) is 13.3. The van der Waals surface area contributed by atoms with Crippen LogP contribution >= 0.6 is 0 Å². The van der Waals surface area contributed by atoms with Crippen LogP contribution in [0.3, 0.4) is 0 Å². The highest BCUT2D eigenvalue weighted by atomic mass is 16.6. The molecule has 45 heavy (non-hydrogen) atoms. The summed E-state index contributed by atoms with van der Waals surface area (Å²) in [7, 11) is 0. The maximum absolute atomic E-state index is 13.0. The minimum absolute atomic E-state index is 0.0873. The molecule has 4 saturated carbocycles. The lowest BCUT2D eigenvalue weighted by molar-refractivity contribution is -0.171. The van der Waals surface area contributed by atoms with Crippen LogP contribution in [0.2, 0.25) is 0 Å². The summed E-state index contributed by atoms with van der Waals surface area (Å²) >= 11 is 0. The Hall–Kier alpha value is -3.35. The fourth-order valence-corrected chi connectivity index (χ4v) is 8.03. The predicted octanol–water partition coefficient (Wildman–Crippen LogP) is 7.64. The molecule has 0 atom stereocenters. The van der Waals surface area contributed by atoms with E-state index in [1.807, 2.05) is 36.4 Å². The molecule has 6 heteroatoms. The van der Waals surface area contributed by atoms with E-state index in [0.29, 0.717) is 52.2 Å². The van der Waals surface area contributed by atoms with Crippen molar-refractivity contribution < 1.29 is 28.5 Å². The van der Waals surface area contributed by atoms with Crippen molar-refractivity contribution in [1.29, 1.82) is 0 Å². The van der Waals surface area contributed by atoms with Crippen LogP contribution in [0.25, 0.3) is 0 Å². The van der Waals surface area contributed by atoms with Crippen LogP contribution in [0, 0.1) is 23.2 Å². The Morgan fingerprint density at radius 1 is 0.622 bits per heavy atom. The molecule has 0 N–H and O–H groups in total. The number of carbonyl (C=O) groups excluding carboxylic acids is 1. The number of aryl methyl sites for hydroxylation is 1. The van der Waals surface area contributed by atoms with Crippen LogP contribution in [0.4, 0.5) is 0 Å². The van der Waals surface area contributed by atoms with Gasteiger partial charge in [0.2, 0.25) is 0 Å².